The number of benzene rings is 1. The summed E-state index contributed by atoms with van der Waals surface area (Å²) in [5.74, 6) is 0. The molecule has 2 heterocycles. The van der Waals surface area contributed by atoms with E-state index in [4.69, 9.17) is 5.73 Å². The van der Waals surface area contributed by atoms with Crippen molar-refractivity contribution in [3.05, 3.63) is 125 Å². The van der Waals surface area contributed by atoms with Crippen LogP contribution in [0.5, 0.6) is 0 Å². The van der Waals surface area contributed by atoms with Crippen LogP contribution in [-0.2, 0) is 6.54 Å². The zero-order chi connectivity index (χ0) is 27.5. The molecule has 0 amide bonds. The minimum atomic E-state index is -0.167. The van der Waals surface area contributed by atoms with Crippen LogP contribution < -0.4 is 5.73 Å². The van der Waals surface area contributed by atoms with E-state index < -0.39 is 0 Å². The van der Waals surface area contributed by atoms with E-state index >= 15 is 0 Å². The van der Waals surface area contributed by atoms with Crippen LogP contribution in [0, 0.1) is 10.8 Å². The average Bonchev–Trinajstić information content (AvgIpc) is 3.13. The molecule has 1 aromatic carbocycles. The largest absolute Gasteiger partial charge is 0.348 e. The van der Waals surface area contributed by atoms with Crippen LogP contribution in [0.3, 0.4) is 0 Å². The first-order chi connectivity index (χ1) is 17.4. The fourth-order valence-corrected chi connectivity index (χ4v) is 5.59. The Balaban J connectivity index is 2.12. The maximum Gasteiger partial charge on any atom is 0.191 e. The highest BCUT2D eigenvalue weighted by molar-refractivity contribution is 6.01. The molecule has 194 valence electrons. The molecule has 1 saturated heterocycles. The molecule has 0 radical (unpaired) electrons. The fraction of sp³-hybridized carbons (Fsp3) is 0.324. The number of rotatable bonds is 7. The number of hydrogen-bond donors (Lipinski definition) is 1. The molecule has 3 rings (SSSR count). The molecule has 2 aliphatic rings. The summed E-state index contributed by atoms with van der Waals surface area (Å²) in [7, 11) is 4.24. The maximum absolute atomic E-state index is 5.87. The molecule has 2 N–H and O–H groups in total. The molecule has 0 saturated carbocycles. The third kappa shape index (κ3) is 5.19. The van der Waals surface area contributed by atoms with E-state index in [1.807, 2.05) is 6.08 Å². The van der Waals surface area contributed by atoms with Crippen molar-refractivity contribution in [3.63, 3.8) is 0 Å². The topological polar surface area (TPSA) is 32.3 Å². The van der Waals surface area contributed by atoms with Crippen molar-refractivity contribution in [3.8, 4) is 0 Å². The van der Waals surface area contributed by atoms with Gasteiger partial charge in [0.25, 0.3) is 0 Å². The first kappa shape index (κ1) is 28.1. The Hall–Kier alpha value is -3.43. The van der Waals surface area contributed by atoms with E-state index in [9.17, 15) is 0 Å². The van der Waals surface area contributed by atoms with Crippen LogP contribution in [-0.4, -0.2) is 29.3 Å². The molecular weight excluding hydrogens is 450 g/mol. The highest BCUT2D eigenvalue weighted by atomic mass is 15.2. The van der Waals surface area contributed by atoms with Gasteiger partial charge in [0.15, 0.2) is 11.4 Å². The number of likely N-dealkylation sites (tertiary alicyclic amines) is 1. The normalized spacial score (nSPS) is 22.1. The molecule has 0 aromatic heterocycles. The van der Waals surface area contributed by atoms with Gasteiger partial charge in [-0.05, 0) is 55.2 Å². The fourth-order valence-electron chi connectivity index (χ4n) is 5.59. The molecule has 0 unspecified atom stereocenters. The van der Waals surface area contributed by atoms with Gasteiger partial charge in [-0.3, -0.25) is 0 Å². The lowest BCUT2D eigenvalue weighted by atomic mass is 9.80. The van der Waals surface area contributed by atoms with Crippen LogP contribution in [0.25, 0.3) is 5.57 Å². The molecule has 0 aliphatic carbocycles. The Kier molecular flexibility index (Phi) is 8.29. The predicted molar refractivity (Wildman–Crippen MR) is 161 cm³/mol. The van der Waals surface area contributed by atoms with Gasteiger partial charge >= 0.3 is 0 Å². The highest BCUT2D eigenvalue weighted by Gasteiger charge is 2.42. The molecular formula is C34H44N3+. The van der Waals surface area contributed by atoms with Gasteiger partial charge in [0, 0.05) is 49.0 Å². The summed E-state index contributed by atoms with van der Waals surface area (Å²) in [5, 5.41) is 0. The quantitative estimate of drug-likeness (QED) is 0.314. The first-order valence-electron chi connectivity index (χ1n) is 13.0. The van der Waals surface area contributed by atoms with E-state index in [1.54, 1.807) is 0 Å². The van der Waals surface area contributed by atoms with Crippen LogP contribution >= 0.6 is 0 Å². The van der Waals surface area contributed by atoms with Crippen molar-refractivity contribution in [2.75, 3.05) is 14.1 Å². The molecule has 0 bridgehead atoms. The summed E-state index contributed by atoms with van der Waals surface area (Å²) in [4.78, 5) is 2.18. The van der Waals surface area contributed by atoms with E-state index in [0.29, 0.717) is 6.54 Å². The summed E-state index contributed by atoms with van der Waals surface area (Å²) in [5.41, 5.74) is 16.4. The third-order valence-corrected chi connectivity index (χ3v) is 7.94. The monoisotopic (exact) mass is 494 g/mol. The summed E-state index contributed by atoms with van der Waals surface area (Å²) >= 11 is 0. The van der Waals surface area contributed by atoms with Crippen molar-refractivity contribution < 1.29 is 4.58 Å². The van der Waals surface area contributed by atoms with Crippen LogP contribution in [0.2, 0.25) is 0 Å². The van der Waals surface area contributed by atoms with Gasteiger partial charge < -0.3 is 10.6 Å². The van der Waals surface area contributed by atoms with Gasteiger partial charge in [-0.1, -0.05) is 81.7 Å². The van der Waals surface area contributed by atoms with Crippen molar-refractivity contribution in [2.24, 2.45) is 16.6 Å². The number of nitrogens with two attached hydrogens (primary N) is 1. The molecule has 37 heavy (non-hydrogen) atoms. The zero-order valence-electron chi connectivity index (χ0n) is 24.0. The third-order valence-electron chi connectivity index (χ3n) is 7.94. The minimum absolute atomic E-state index is 0.0788. The van der Waals surface area contributed by atoms with Crippen LogP contribution in [0.4, 0.5) is 0 Å². The zero-order valence-corrected chi connectivity index (χ0v) is 24.0. The summed E-state index contributed by atoms with van der Waals surface area (Å²) in [6.45, 7) is 22.1. The second kappa shape index (κ2) is 10.9. The predicted octanol–water partition coefficient (Wildman–Crippen LogP) is 7.54. The molecule has 2 aliphatic heterocycles. The van der Waals surface area contributed by atoms with Gasteiger partial charge in [-0.25, -0.2) is 4.58 Å². The number of allylic oxidation sites excluding steroid dienone is 13. The molecule has 1 aromatic rings. The Bertz CT molecular complexity index is 1300. The van der Waals surface area contributed by atoms with E-state index in [1.165, 1.54) is 28.3 Å². The number of nitrogens with zero attached hydrogens (tertiary/aromatic N) is 2. The van der Waals surface area contributed by atoms with Gasteiger partial charge in [0.05, 0.1) is 5.41 Å². The first-order valence-corrected chi connectivity index (χ1v) is 13.0. The summed E-state index contributed by atoms with van der Waals surface area (Å²) < 4.78 is 2.31. The molecule has 1 fully saturated rings. The Morgan fingerprint density at radius 3 is 2.27 bits per heavy atom. The van der Waals surface area contributed by atoms with Gasteiger partial charge in [0.2, 0.25) is 0 Å². The van der Waals surface area contributed by atoms with E-state index in [-0.39, 0.29) is 10.8 Å². The van der Waals surface area contributed by atoms with E-state index in [0.717, 1.165) is 22.4 Å². The van der Waals surface area contributed by atoms with E-state index in [2.05, 4.69) is 145 Å². The second-order valence-corrected chi connectivity index (χ2v) is 10.9. The average molecular weight is 495 g/mol. The highest BCUT2D eigenvalue weighted by Crippen LogP contribution is 2.48. The lowest BCUT2D eigenvalue weighted by molar-refractivity contribution is -0.440. The Labute approximate surface area is 224 Å². The van der Waals surface area contributed by atoms with Gasteiger partial charge in [0.1, 0.15) is 7.05 Å². The lowest BCUT2D eigenvalue weighted by Gasteiger charge is -2.22. The van der Waals surface area contributed by atoms with Gasteiger partial charge in [-0.15, -0.1) is 0 Å². The number of hydrogen-bond acceptors (Lipinski definition) is 2. The van der Waals surface area contributed by atoms with Crippen molar-refractivity contribution in [1.82, 2.24) is 4.90 Å². The smallest absolute Gasteiger partial charge is 0.191 e. The summed E-state index contributed by atoms with van der Waals surface area (Å²) in [6, 6.07) is 8.53. The maximum atomic E-state index is 5.87. The SMILES string of the molecule is C=C/C=C1\C(=C)N(C)\C(=C/C=C(/C=C/C2=[N+](C)C(C)=C(/C=C\C)C2(C)C)c2ccc(CN)cc2)C1(C)C. The summed E-state index contributed by atoms with van der Waals surface area (Å²) in [6.07, 6.45) is 17.2. The van der Waals surface area contributed by atoms with Crippen molar-refractivity contribution >= 4 is 11.3 Å². The van der Waals surface area contributed by atoms with Gasteiger partial charge in [-0.2, -0.15) is 0 Å². The molecule has 3 heteroatoms. The van der Waals surface area contributed by atoms with Crippen molar-refractivity contribution in [2.45, 2.75) is 48.1 Å². The minimum Gasteiger partial charge on any atom is -0.348 e. The standard InChI is InChI=1S/C34H44N3/c1-11-13-29-24(3)36(9)31(33(29,5)6)21-19-28(27-17-15-26(23-35)16-18-27)20-22-32-34(7,8)30(14-12-2)25(4)37(32)10/h11-22H,1,3,23,35H2,2,4-10H3/q+1/b14-12-,29-13+. The molecule has 3 nitrogen and oxygen atoms in total. The van der Waals surface area contributed by atoms with Crippen LogP contribution in [0.1, 0.15) is 52.7 Å². The second-order valence-electron chi connectivity index (χ2n) is 10.9. The molecule has 0 spiro atoms. The Morgan fingerprint density at radius 1 is 1.05 bits per heavy atom. The van der Waals surface area contributed by atoms with Crippen LogP contribution in [0.15, 0.2) is 114 Å². The molecule has 0 atom stereocenters. The Morgan fingerprint density at radius 2 is 1.70 bits per heavy atom. The lowest BCUT2D eigenvalue weighted by Crippen LogP contribution is -2.24. The van der Waals surface area contributed by atoms with Crippen molar-refractivity contribution in [1.29, 1.82) is 0 Å². The number of likely N-dealkylation sites (N-methyl/N-ethyl adjacent to an activating group) is 1.